The van der Waals surface area contributed by atoms with Crippen LogP contribution >= 0.6 is 11.6 Å². The zero-order valence-electron chi connectivity index (χ0n) is 11.4. The molecule has 23 heavy (non-hydrogen) atoms. The van der Waals surface area contributed by atoms with Gasteiger partial charge in [0.2, 0.25) is 10.0 Å². The van der Waals surface area contributed by atoms with Gasteiger partial charge in [-0.15, -0.1) is 11.6 Å². The molecule has 0 bridgehead atoms. The maximum Gasteiger partial charge on any atom is 0.416 e. The van der Waals surface area contributed by atoms with Crippen LogP contribution in [0.2, 0.25) is 0 Å². The van der Waals surface area contributed by atoms with Crippen LogP contribution in [0.25, 0.3) is 11.1 Å². The summed E-state index contributed by atoms with van der Waals surface area (Å²) in [5.74, 6) is -0.365. The first-order valence-electron chi connectivity index (χ1n) is 6.19. The number of alkyl halides is 4. The Hall–Kier alpha value is -1.93. The zero-order valence-corrected chi connectivity index (χ0v) is 13.0. The van der Waals surface area contributed by atoms with Crippen LogP contribution in [0.3, 0.4) is 0 Å². The first-order chi connectivity index (χ1) is 10.6. The molecule has 0 amide bonds. The second kappa shape index (κ2) is 6.29. The van der Waals surface area contributed by atoms with Crippen molar-refractivity contribution in [3.8, 4) is 16.9 Å². The van der Waals surface area contributed by atoms with Gasteiger partial charge in [-0.1, -0.05) is 18.2 Å². The molecule has 4 nitrogen and oxygen atoms in total. The average Bonchev–Trinajstić information content (AvgIpc) is 2.48. The molecule has 0 aliphatic heterocycles. The van der Waals surface area contributed by atoms with Crippen molar-refractivity contribution < 1.29 is 26.7 Å². The quantitative estimate of drug-likeness (QED) is 0.635. The second-order valence-corrected chi connectivity index (χ2v) is 6.94. The molecule has 0 atom stereocenters. The van der Waals surface area contributed by atoms with Crippen molar-refractivity contribution in [3.63, 3.8) is 0 Å². The van der Waals surface area contributed by atoms with Gasteiger partial charge in [0.1, 0.15) is 11.0 Å². The van der Waals surface area contributed by atoms with Crippen LogP contribution in [0, 0.1) is 0 Å². The van der Waals surface area contributed by atoms with E-state index in [0.29, 0.717) is 11.1 Å². The van der Waals surface area contributed by atoms with E-state index in [-0.39, 0.29) is 11.4 Å². The van der Waals surface area contributed by atoms with Crippen LogP contribution in [-0.2, 0) is 16.2 Å². The fraction of sp³-hybridized carbons (Fsp3) is 0.143. The van der Waals surface area contributed by atoms with Crippen LogP contribution in [-0.4, -0.2) is 18.7 Å². The van der Waals surface area contributed by atoms with E-state index in [1.165, 1.54) is 30.3 Å². The summed E-state index contributed by atoms with van der Waals surface area (Å²) in [6, 6.07) is 8.39. The summed E-state index contributed by atoms with van der Waals surface area (Å²) in [4.78, 5) is 0. The summed E-state index contributed by atoms with van der Waals surface area (Å²) >= 11 is 5.25. The topological polar surface area (TPSA) is 66.4 Å². The van der Waals surface area contributed by atoms with Crippen molar-refractivity contribution in [2.75, 3.05) is 9.93 Å². The van der Waals surface area contributed by atoms with Crippen LogP contribution in [0.1, 0.15) is 5.56 Å². The minimum absolute atomic E-state index is 0.0682. The normalized spacial score (nSPS) is 12.2. The lowest BCUT2D eigenvalue weighted by molar-refractivity contribution is -0.137. The molecular formula is C14H11ClF3NO3S. The molecule has 0 heterocycles. The Labute approximate surface area is 135 Å². The first kappa shape index (κ1) is 17.4. The third-order valence-corrected chi connectivity index (χ3v) is 4.63. The lowest BCUT2D eigenvalue weighted by Crippen LogP contribution is -2.13. The molecule has 2 rings (SSSR count). The number of rotatable bonds is 4. The van der Waals surface area contributed by atoms with Crippen molar-refractivity contribution >= 4 is 27.3 Å². The van der Waals surface area contributed by atoms with Crippen LogP contribution < -0.4 is 4.72 Å². The Kier molecular flexibility index (Phi) is 4.76. The summed E-state index contributed by atoms with van der Waals surface area (Å²) in [5.41, 5.74) is 0.0309. The Bertz CT molecular complexity index is 805. The van der Waals surface area contributed by atoms with E-state index in [9.17, 15) is 26.7 Å². The van der Waals surface area contributed by atoms with Crippen LogP contribution in [0.15, 0.2) is 42.5 Å². The molecule has 0 saturated heterocycles. The molecule has 0 aromatic heterocycles. The van der Waals surface area contributed by atoms with Gasteiger partial charge in [0, 0.05) is 0 Å². The number of anilines is 1. The van der Waals surface area contributed by atoms with Gasteiger partial charge >= 0.3 is 6.18 Å². The highest BCUT2D eigenvalue weighted by Crippen LogP contribution is 2.33. The number of benzene rings is 2. The number of aromatic hydroxyl groups is 1. The highest BCUT2D eigenvalue weighted by molar-refractivity contribution is 7.93. The lowest BCUT2D eigenvalue weighted by atomic mass is 10.0. The Morgan fingerprint density at radius 2 is 1.61 bits per heavy atom. The number of phenols is 1. The van der Waals surface area contributed by atoms with Gasteiger partial charge in [0.25, 0.3) is 0 Å². The van der Waals surface area contributed by atoms with Gasteiger partial charge in [0.15, 0.2) is 0 Å². The van der Waals surface area contributed by atoms with Gasteiger partial charge in [-0.2, -0.15) is 13.2 Å². The predicted octanol–water partition coefficient (Wildman–Crippen LogP) is 4.02. The number of hydrogen-bond donors (Lipinski definition) is 2. The monoisotopic (exact) mass is 365 g/mol. The molecule has 0 aliphatic carbocycles. The predicted molar refractivity (Wildman–Crippen MR) is 81.8 cm³/mol. The Morgan fingerprint density at radius 1 is 1.04 bits per heavy atom. The number of hydrogen-bond acceptors (Lipinski definition) is 3. The Morgan fingerprint density at radius 3 is 2.09 bits per heavy atom. The maximum absolute atomic E-state index is 12.5. The molecular weight excluding hydrogens is 355 g/mol. The van der Waals surface area contributed by atoms with E-state index in [1.54, 1.807) is 0 Å². The molecule has 0 radical (unpaired) electrons. The average molecular weight is 366 g/mol. The van der Waals surface area contributed by atoms with Gasteiger partial charge in [-0.3, -0.25) is 4.72 Å². The zero-order chi connectivity index (χ0) is 17.3. The summed E-state index contributed by atoms with van der Waals surface area (Å²) in [7, 11) is -3.76. The van der Waals surface area contributed by atoms with Crippen molar-refractivity contribution in [2.45, 2.75) is 6.18 Å². The minimum Gasteiger partial charge on any atom is -0.506 e. The molecule has 0 aliphatic rings. The number of nitrogens with one attached hydrogen (secondary N) is 1. The lowest BCUT2D eigenvalue weighted by Gasteiger charge is -2.10. The Balaban J connectivity index is 2.30. The summed E-state index contributed by atoms with van der Waals surface area (Å²) < 4.78 is 62.3. The van der Waals surface area contributed by atoms with E-state index in [2.05, 4.69) is 4.72 Å². The third-order valence-electron chi connectivity index (χ3n) is 2.95. The molecule has 0 saturated carbocycles. The van der Waals surface area contributed by atoms with E-state index >= 15 is 0 Å². The molecule has 9 heteroatoms. The first-order valence-corrected chi connectivity index (χ1v) is 8.38. The van der Waals surface area contributed by atoms with Crippen molar-refractivity contribution in [2.24, 2.45) is 0 Å². The smallest absolute Gasteiger partial charge is 0.416 e. The van der Waals surface area contributed by atoms with Gasteiger partial charge in [0.05, 0.1) is 11.3 Å². The third kappa shape index (κ3) is 4.29. The number of halogens is 4. The molecule has 2 N–H and O–H groups in total. The maximum atomic E-state index is 12.5. The fourth-order valence-corrected chi connectivity index (χ4v) is 2.57. The molecule has 124 valence electrons. The summed E-state index contributed by atoms with van der Waals surface area (Å²) in [6.45, 7) is 0. The van der Waals surface area contributed by atoms with Gasteiger partial charge in [-0.25, -0.2) is 8.42 Å². The molecule has 2 aromatic rings. The van der Waals surface area contributed by atoms with Crippen molar-refractivity contribution in [1.82, 2.24) is 0 Å². The van der Waals surface area contributed by atoms with Gasteiger partial charge < -0.3 is 5.11 Å². The molecule has 0 spiro atoms. The number of sulfonamides is 1. The van der Waals surface area contributed by atoms with E-state index in [1.807, 2.05) is 0 Å². The SMILES string of the molecule is O=S(=O)(CCl)Nc1ccc(-c2ccc(C(F)(F)F)cc2)cc1O. The van der Waals surface area contributed by atoms with E-state index in [0.717, 1.165) is 12.1 Å². The summed E-state index contributed by atoms with van der Waals surface area (Å²) in [6.07, 6.45) is -4.43. The second-order valence-electron chi connectivity index (χ2n) is 4.63. The largest absolute Gasteiger partial charge is 0.506 e. The van der Waals surface area contributed by atoms with E-state index < -0.39 is 27.0 Å². The van der Waals surface area contributed by atoms with Crippen LogP contribution in [0.4, 0.5) is 18.9 Å². The molecule has 0 fully saturated rings. The highest BCUT2D eigenvalue weighted by Gasteiger charge is 2.29. The standard InChI is InChI=1S/C14H11ClF3NO3S/c15-8-23(21,22)19-12-6-3-10(7-13(12)20)9-1-4-11(5-2-9)14(16,17)18/h1-7,19-20H,8H2. The van der Waals surface area contributed by atoms with Crippen molar-refractivity contribution in [1.29, 1.82) is 0 Å². The number of phenolic OH excluding ortho intramolecular Hbond substituents is 1. The molecule has 0 unspecified atom stereocenters. The minimum atomic E-state index is -4.43. The molecule has 2 aromatic carbocycles. The van der Waals surface area contributed by atoms with Crippen LogP contribution in [0.5, 0.6) is 5.75 Å². The van der Waals surface area contributed by atoms with E-state index in [4.69, 9.17) is 11.6 Å². The highest BCUT2D eigenvalue weighted by atomic mass is 35.5. The summed E-state index contributed by atoms with van der Waals surface area (Å²) in [5, 5.41) is 9.17. The van der Waals surface area contributed by atoms with Crippen molar-refractivity contribution in [3.05, 3.63) is 48.0 Å². The fourth-order valence-electron chi connectivity index (χ4n) is 1.84. The van der Waals surface area contributed by atoms with Gasteiger partial charge in [-0.05, 0) is 35.4 Å².